The van der Waals surface area contributed by atoms with Crippen molar-refractivity contribution in [2.24, 2.45) is 5.92 Å². The van der Waals surface area contributed by atoms with E-state index in [1.165, 1.54) is 19.3 Å². The molecule has 0 saturated carbocycles. The van der Waals surface area contributed by atoms with Crippen molar-refractivity contribution in [2.45, 2.75) is 52.4 Å². The summed E-state index contributed by atoms with van der Waals surface area (Å²) in [6, 6.07) is 22.7. The van der Waals surface area contributed by atoms with Crippen LogP contribution in [0.25, 0.3) is 11.1 Å². The number of hydrogen-bond acceptors (Lipinski definition) is 4. The number of rotatable bonds is 15. The van der Waals surface area contributed by atoms with Crippen molar-refractivity contribution in [3.63, 3.8) is 0 Å². The fraction of sp³-hybridized carbons (Fsp3) is 0.344. The van der Waals surface area contributed by atoms with Crippen molar-refractivity contribution in [3.8, 4) is 28.4 Å². The van der Waals surface area contributed by atoms with Gasteiger partial charge in [-0.25, -0.2) is 4.79 Å². The Hall–Kier alpha value is -3.53. The molecule has 0 bridgehead atoms. The third kappa shape index (κ3) is 8.92. The lowest BCUT2D eigenvalue weighted by molar-refractivity contribution is 0.0734. The Kier molecular flexibility index (Phi) is 11.1. The number of carbonyl (C=O) groups excluding carboxylic acids is 1. The second-order valence-corrected chi connectivity index (χ2v) is 9.13. The normalized spacial score (nSPS) is 11.5. The van der Waals surface area contributed by atoms with E-state index in [0.717, 1.165) is 48.5 Å². The Morgan fingerprint density at radius 2 is 1.33 bits per heavy atom. The molecule has 190 valence electrons. The second kappa shape index (κ2) is 14.8. The van der Waals surface area contributed by atoms with E-state index >= 15 is 0 Å². The largest absolute Gasteiger partial charge is 0.494 e. The van der Waals surface area contributed by atoms with Crippen molar-refractivity contribution in [2.75, 3.05) is 13.2 Å². The van der Waals surface area contributed by atoms with E-state index in [4.69, 9.17) is 14.2 Å². The molecule has 3 aromatic rings. The molecular formula is C32H38O4. The summed E-state index contributed by atoms with van der Waals surface area (Å²) in [6.45, 7) is 9.45. The summed E-state index contributed by atoms with van der Waals surface area (Å²) in [5.41, 5.74) is 2.62. The maximum atomic E-state index is 12.5. The fourth-order valence-corrected chi connectivity index (χ4v) is 3.60. The van der Waals surface area contributed by atoms with Crippen molar-refractivity contribution in [3.05, 3.63) is 91.0 Å². The predicted octanol–water partition coefficient (Wildman–Crippen LogP) is 8.51. The maximum absolute atomic E-state index is 12.5. The van der Waals surface area contributed by atoms with Crippen LogP contribution >= 0.6 is 0 Å². The van der Waals surface area contributed by atoms with Crippen LogP contribution in [0.5, 0.6) is 17.2 Å². The van der Waals surface area contributed by atoms with Crippen molar-refractivity contribution in [1.29, 1.82) is 0 Å². The van der Waals surface area contributed by atoms with Gasteiger partial charge in [-0.2, -0.15) is 0 Å². The summed E-state index contributed by atoms with van der Waals surface area (Å²) in [4.78, 5) is 12.5. The smallest absolute Gasteiger partial charge is 0.343 e. The number of allylic oxidation sites excluding steroid dienone is 1. The van der Waals surface area contributed by atoms with Crippen LogP contribution in [-0.2, 0) is 0 Å². The molecule has 3 rings (SSSR count). The van der Waals surface area contributed by atoms with Crippen molar-refractivity contribution < 1.29 is 19.0 Å². The van der Waals surface area contributed by atoms with E-state index in [2.05, 4.69) is 20.4 Å². The molecule has 1 atom stereocenters. The molecule has 0 amide bonds. The molecule has 0 spiro atoms. The Labute approximate surface area is 215 Å². The van der Waals surface area contributed by atoms with Crippen LogP contribution in [0.2, 0.25) is 0 Å². The van der Waals surface area contributed by atoms with Crippen LogP contribution in [0.1, 0.15) is 62.7 Å². The van der Waals surface area contributed by atoms with Crippen LogP contribution in [0.4, 0.5) is 0 Å². The Morgan fingerprint density at radius 3 is 1.94 bits per heavy atom. The Balaban J connectivity index is 1.46. The van der Waals surface area contributed by atoms with Gasteiger partial charge in [-0.3, -0.25) is 0 Å². The SMILES string of the molecule is C=CCCCCCCOc1ccc(-c2ccc(OC(=O)c3ccc(OCC(C)CC)cc3)cc2)cc1. The zero-order valence-electron chi connectivity index (χ0n) is 21.6. The highest BCUT2D eigenvalue weighted by Gasteiger charge is 2.10. The van der Waals surface area contributed by atoms with E-state index in [1.807, 2.05) is 54.6 Å². The minimum Gasteiger partial charge on any atom is -0.494 e. The Morgan fingerprint density at radius 1 is 0.778 bits per heavy atom. The molecular weight excluding hydrogens is 448 g/mol. The highest BCUT2D eigenvalue weighted by Crippen LogP contribution is 2.25. The quantitative estimate of drug-likeness (QED) is 0.0934. The first-order valence-corrected chi connectivity index (χ1v) is 13.0. The van der Waals surface area contributed by atoms with Gasteiger partial charge < -0.3 is 14.2 Å². The lowest BCUT2D eigenvalue weighted by atomic mass is 10.1. The molecule has 36 heavy (non-hydrogen) atoms. The molecule has 4 heteroatoms. The minimum atomic E-state index is -0.390. The minimum absolute atomic E-state index is 0.390. The van der Waals surface area contributed by atoms with E-state index in [9.17, 15) is 4.79 Å². The fourth-order valence-electron chi connectivity index (χ4n) is 3.60. The molecule has 0 aliphatic rings. The summed E-state index contributed by atoms with van der Waals surface area (Å²) in [5.74, 6) is 2.25. The highest BCUT2D eigenvalue weighted by molar-refractivity contribution is 5.91. The number of benzene rings is 3. The molecule has 0 radical (unpaired) electrons. The van der Waals surface area contributed by atoms with Crippen LogP contribution in [-0.4, -0.2) is 19.2 Å². The molecule has 0 aromatic heterocycles. The number of unbranched alkanes of at least 4 members (excludes halogenated alkanes) is 4. The van der Waals surface area contributed by atoms with Crippen molar-refractivity contribution >= 4 is 5.97 Å². The molecule has 1 unspecified atom stereocenters. The van der Waals surface area contributed by atoms with Gasteiger partial charge >= 0.3 is 5.97 Å². The van der Waals surface area contributed by atoms with Gasteiger partial charge in [0.25, 0.3) is 0 Å². The molecule has 0 saturated heterocycles. The molecule has 0 heterocycles. The van der Waals surface area contributed by atoms with Crippen LogP contribution in [0.3, 0.4) is 0 Å². The number of carbonyl (C=O) groups is 1. The standard InChI is InChI=1S/C32H38O4/c1-4-6-7-8-9-10-23-34-29-17-11-26(12-18-29)27-13-21-31(22-14-27)36-32(33)28-15-19-30(20-16-28)35-24-25(3)5-2/h4,11-22,25H,1,5-10,23-24H2,2-3H3. The zero-order valence-corrected chi connectivity index (χ0v) is 21.6. The number of ether oxygens (including phenoxy) is 3. The summed E-state index contributed by atoms with van der Waals surface area (Å²) in [5, 5.41) is 0. The lowest BCUT2D eigenvalue weighted by Gasteiger charge is -2.11. The summed E-state index contributed by atoms with van der Waals surface area (Å²) in [7, 11) is 0. The summed E-state index contributed by atoms with van der Waals surface area (Å²) in [6.07, 6.45) is 8.81. The van der Waals surface area contributed by atoms with Gasteiger partial charge in [-0.05, 0) is 84.8 Å². The van der Waals surface area contributed by atoms with E-state index in [0.29, 0.717) is 23.8 Å². The summed E-state index contributed by atoms with van der Waals surface area (Å²) < 4.78 is 17.2. The monoisotopic (exact) mass is 486 g/mol. The van der Waals surface area contributed by atoms with Gasteiger partial charge in [0.15, 0.2) is 0 Å². The van der Waals surface area contributed by atoms with E-state index in [-0.39, 0.29) is 0 Å². The third-order valence-corrected chi connectivity index (χ3v) is 6.15. The molecule has 3 aromatic carbocycles. The van der Waals surface area contributed by atoms with Gasteiger partial charge in [0.1, 0.15) is 17.2 Å². The first kappa shape index (κ1) is 27.1. The second-order valence-electron chi connectivity index (χ2n) is 9.13. The highest BCUT2D eigenvalue weighted by atomic mass is 16.5. The third-order valence-electron chi connectivity index (χ3n) is 6.15. The Bertz CT molecular complexity index is 1050. The van der Waals surface area contributed by atoms with E-state index < -0.39 is 5.97 Å². The summed E-state index contributed by atoms with van der Waals surface area (Å²) >= 11 is 0. The average molecular weight is 487 g/mol. The average Bonchev–Trinajstić information content (AvgIpc) is 2.92. The van der Waals surface area contributed by atoms with Crippen LogP contribution in [0.15, 0.2) is 85.5 Å². The van der Waals surface area contributed by atoms with Crippen molar-refractivity contribution in [1.82, 2.24) is 0 Å². The zero-order chi connectivity index (χ0) is 25.6. The van der Waals surface area contributed by atoms with Gasteiger partial charge in [-0.1, -0.05) is 63.5 Å². The predicted molar refractivity (Wildman–Crippen MR) is 147 cm³/mol. The number of esters is 1. The van der Waals surface area contributed by atoms with Crippen LogP contribution in [0, 0.1) is 5.92 Å². The molecule has 0 aliphatic carbocycles. The molecule has 0 aliphatic heterocycles. The number of hydrogen-bond donors (Lipinski definition) is 0. The first-order chi connectivity index (χ1) is 17.6. The van der Waals surface area contributed by atoms with E-state index in [1.54, 1.807) is 24.3 Å². The molecule has 0 N–H and O–H groups in total. The van der Waals surface area contributed by atoms with Crippen LogP contribution < -0.4 is 14.2 Å². The first-order valence-electron chi connectivity index (χ1n) is 13.0. The maximum Gasteiger partial charge on any atom is 0.343 e. The van der Waals surface area contributed by atoms with Gasteiger partial charge in [0.2, 0.25) is 0 Å². The van der Waals surface area contributed by atoms with Gasteiger partial charge in [0, 0.05) is 0 Å². The lowest BCUT2D eigenvalue weighted by Crippen LogP contribution is -2.09. The topological polar surface area (TPSA) is 44.8 Å². The molecule has 0 fully saturated rings. The van der Waals surface area contributed by atoms with Gasteiger partial charge in [0.05, 0.1) is 18.8 Å². The molecule has 4 nitrogen and oxygen atoms in total. The van der Waals surface area contributed by atoms with Gasteiger partial charge in [-0.15, -0.1) is 6.58 Å².